The molecule has 0 aromatic heterocycles. The van der Waals surface area contributed by atoms with Crippen LogP contribution in [-0.4, -0.2) is 34.7 Å². The van der Waals surface area contributed by atoms with Crippen LogP contribution in [0.25, 0.3) is 0 Å². The van der Waals surface area contributed by atoms with Crippen molar-refractivity contribution in [2.24, 2.45) is 11.8 Å². The van der Waals surface area contributed by atoms with E-state index < -0.39 is 4.92 Å². The lowest BCUT2D eigenvalue weighted by atomic mass is 9.91. The summed E-state index contributed by atoms with van der Waals surface area (Å²) in [6.07, 6.45) is 1.12. The zero-order chi connectivity index (χ0) is 21.1. The molecule has 1 aliphatic heterocycles. The number of anilines is 1. The fourth-order valence-corrected chi connectivity index (χ4v) is 3.83. The number of hydrogen-bond donors (Lipinski definition) is 1. The summed E-state index contributed by atoms with van der Waals surface area (Å²) < 4.78 is 0. The Morgan fingerprint density at radius 3 is 2.21 bits per heavy atom. The number of nitrogens with zero attached hydrogens (tertiary/aromatic N) is 2. The number of likely N-dealkylation sites (tertiary alicyclic amines) is 1. The molecule has 7 nitrogen and oxygen atoms in total. The Morgan fingerprint density at radius 1 is 1.03 bits per heavy atom. The van der Waals surface area contributed by atoms with Crippen LogP contribution in [0.4, 0.5) is 11.4 Å². The van der Waals surface area contributed by atoms with Crippen molar-refractivity contribution >= 4 is 23.2 Å². The molecule has 29 heavy (non-hydrogen) atoms. The predicted octanol–water partition coefficient (Wildman–Crippen LogP) is 4.27. The largest absolute Gasteiger partial charge is 0.338 e. The van der Waals surface area contributed by atoms with Gasteiger partial charge in [-0.15, -0.1) is 0 Å². The predicted molar refractivity (Wildman–Crippen MR) is 111 cm³/mol. The molecule has 2 atom stereocenters. The van der Waals surface area contributed by atoms with Crippen LogP contribution in [0, 0.1) is 28.9 Å². The lowest BCUT2D eigenvalue weighted by Gasteiger charge is -2.35. The smallest absolute Gasteiger partial charge is 0.269 e. The van der Waals surface area contributed by atoms with Crippen LogP contribution in [0.2, 0.25) is 0 Å². The van der Waals surface area contributed by atoms with Crippen molar-refractivity contribution in [2.45, 2.75) is 27.2 Å². The molecular weight excluding hydrogens is 370 g/mol. The first kappa shape index (κ1) is 20.5. The van der Waals surface area contributed by atoms with Crippen LogP contribution < -0.4 is 5.32 Å². The Kier molecular flexibility index (Phi) is 5.96. The van der Waals surface area contributed by atoms with Crippen molar-refractivity contribution < 1.29 is 14.5 Å². The summed E-state index contributed by atoms with van der Waals surface area (Å²) in [6, 6.07) is 10.7. The quantitative estimate of drug-likeness (QED) is 0.618. The molecule has 0 radical (unpaired) electrons. The van der Waals surface area contributed by atoms with E-state index in [0.717, 1.165) is 25.1 Å². The second kappa shape index (κ2) is 8.43. The van der Waals surface area contributed by atoms with Gasteiger partial charge in [0.15, 0.2) is 0 Å². The molecule has 1 aliphatic rings. The minimum atomic E-state index is -0.511. The highest BCUT2D eigenvalue weighted by atomic mass is 16.6. The summed E-state index contributed by atoms with van der Waals surface area (Å²) in [5.41, 5.74) is 2.16. The van der Waals surface area contributed by atoms with Crippen LogP contribution in [0.15, 0.2) is 42.5 Å². The molecule has 1 fully saturated rings. The maximum atomic E-state index is 13.0. The summed E-state index contributed by atoms with van der Waals surface area (Å²) in [7, 11) is 0. The van der Waals surface area contributed by atoms with Crippen LogP contribution in [0.5, 0.6) is 0 Å². The molecule has 2 unspecified atom stereocenters. The summed E-state index contributed by atoms with van der Waals surface area (Å²) >= 11 is 0. The first-order valence-corrected chi connectivity index (χ1v) is 9.70. The topological polar surface area (TPSA) is 92.6 Å². The van der Waals surface area contributed by atoms with Gasteiger partial charge in [0.2, 0.25) is 0 Å². The second-order valence-electron chi connectivity index (χ2n) is 7.94. The molecule has 0 spiro atoms. The van der Waals surface area contributed by atoms with E-state index in [1.165, 1.54) is 24.3 Å². The Labute approximate surface area is 169 Å². The van der Waals surface area contributed by atoms with Gasteiger partial charge in [0.25, 0.3) is 17.5 Å². The fraction of sp³-hybridized carbons (Fsp3) is 0.364. The minimum absolute atomic E-state index is 0.0331. The molecule has 0 saturated carbocycles. The maximum Gasteiger partial charge on any atom is 0.269 e. The van der Waals surface area contributed by atoms with Gasteiger partial charge in [0, 0.05) is 42.0 Å². The zero-order valence-electron chi connectivity index (χ0n) is 16.8. The maximum absolute atomic E-state index is 13.0. The highest BCUT2D eigenvalue weighted by Crippen LogP contribution is 2.25. The minimum Gasteiger partial charge on any atom is -0.338 e. The fourth-order valence-electron chi connectivity index (χ4n) is 3.83. The highest BCUT2D eigenvalue weighted by Gasteiger charge is 2.26. The molecule has 1 saturated heterocycles. The van der Waals surface area contributed by atoms with Gasteiger partial charge in [-0.2, -0.15) is 0 Å². The van der Waals surface area contributed by atoms with Crippen molar-refractivity contribution in [1.82, 2.24) is 4.90 Å². The second-order valence-corrected chi connectivity index (χ2v) is 7.94. The number of carbonyl (C=O) groups excluding carboxylic acids is 2. The van der Waals surface area contributed by atoms with Gasteiger partial charge in [-0.05, 0) is 55.0 Å². The normalized spacial score (nSPS) is 18.9. The SMILES string of the molecule is Cc1ccc(C(=O)N2CC(C)CC(C)C2)cc1NC(=O)c1ccc([N+](=O)[O-])cc1. The van der Waals surface area contributed by atoms with Gasteiger partial charge >= 0.3 is 0 Å². The summed E-state index contributed by atoms with van der Waals surface area (Å²) in [6.45, 7) is 7.63. The van der Waals surface area contributed by atoms with Crippen LogP contribution in [0.1, 0.15) is 46.5 Å². The molecule has 2 aromatic rings. The van der Waals surface area contributed by atoms with Gasteiger partial charge in [-0.1, -0.05) is 19.9 Å². The molecule has 7 heteroatoms. The molecule has 1 heterocycles. The van der Waals surface area contributed by atoms with E-state index in [0.29, 0.717) is 28.7 Å². The van der Waals surface area contributed by atoms with E-state index in [1.54, 1.807) is 12.1 Å². The van der Waals surface area contributed by atoms with E-state index in [1.807, 2.05) is 17.9 Å². The van der Waals surface area contributed by atoms with Gasteiger partial charge in [0.05, 0.1) is 4.92 Å². The van der Waals surface area contributed by atoms with E-state index in [2.05, 4.69) is 19.2 Å². The van der Waals surface area contributed by atoms with Crippen molar-refractivity contribution in [2.75, 3.05) is 18.4 Å². The Morgan fingerprint density at radius 2 is 1.62 bits per heavy atom. The third-order valence-corrected chi connectivity index (χ3v) is 5.23. The van der Waals surface area contributed by atoms with Crippen molar-refractivity contribution in [1.29, 1.82) is 0 Å². The van der Waals surface area contributed by atoms with Crippen molar-refractivity contribution in [3.05, 3.63) is 69.3 Å². The van der Waals surface area contributed by atoms with Crippen LogP contribution in [0.3, 0.4) is 0 Å². The van der Waals surface area contributed by atoms with Crippen molar-refractivity contribution in [3.8, 4) is 0 Å². The third kappa shape index (κ3) is 4.80. The number of benzene rings is 2. The number of nitro benzene ring substituents is 1. The zero-order valence-corrected chi connectivity index (χ0v) is 16.8. The Hall–Kier alpha value is -3.22. The average Bonchev–Trinajstić information content (AvgIpc) is 2.68. The number of piperidine rings is 1. The number of carbonyl (C=O) groups is 2. The first-order chi connectivity index (χ1) is 13.7. The molecule has 2 amide bonds. The molecule has 0 bridgehead atoms. The lowest BCUT2D eigenvalue weighted by Crippen LogP contribution is -2.42. The van der Waals surface area contributed by atoms with Crippen LogP contribution >= 0.6 is 0 Å². The lowest BCUT2D eigenvalue weighted by molar-refractivity contribution is -0.384. The molecule has 0 aliphatic carbocycles. The average molecular weight is 395 g/mol. The van der Waals surface area contributed by atoms with Crippen LogP contribution in [-0.2, 0) is 0 Å². The Balaban J connectivity index is 1.77. The number of rotatable bonds is 4. The Bertz CT molecular complexity index is 930. The molecule has 152 valence electrons. The standard InChI is InChI=1S/C22H25N3O4/c1-14-10-15(2)13-24(12-14)22(27)18-5-4-16(3)20(11-18)23-21(26)17-6-8-19(9-7-17)25(28)29/h4-9,11,14-15H,10,12-13H2,1-3H3,(H,23,26). The number of non-ortho nitro benzene ring substituents is 1. The van der Waals surface area contributed by atoms with E-state index in [-0.39, 0.29) is 17.5 Å². The first-order valence-electron chi connectivity index (χ1n) is 9.70. The van der Waals surface area contributed by atoms with Gasteiger partial charge in [-0.3, -0.25) is 19.7 Å². The number of hydrogen-bond acceptors (Lipinski definition) is 4. The van der Waals surface area contributed by atoms with E-state index in [9.17, 15) is 19.7 Å². The number of aryl methyl sites for hydroxylation is 1. The van der Waals surface area contributed by atoms with E-state index >= 15 is 0 Å². The third-order valence-electron chi connectivity index (χ3n) is 5.23. The summed E-state index contributed by atoms with van der Waals surface area (Å²) in [5, 5.41) is 13.6. The van der Waals surface area contributed by atoms with Gasteiger partial charge in [0.1, 0.15) is 0 Å². The summed E-state index contributed by atoms with van der Waals surface area (Å²) in [4.78, 5) is 37.6. The molecule has 2 aromatic carbocycles. The monoisotopic (exact) mass is 395 g/mol. The summed E-state index contributed by atoms with van der Waals surface area (Å²) in [5.74, 6) is 0.519. The number of nitro groups is 1. The molecular formula is C22H25N3O4. The van der Waals surface area contributed by atoms with Gasteiger partial charge in [-0.25, -0.2) is 0 Å². The highest BCUT2D eigenvalue weighted by molar-refractivity contribution is 6.05. The van der Waals surface area contributed by atoms with Crippen molar-refractivity contribution in [3.63, 3.8) is 0 Å². The molecule has 3 rings (SSSR count). The molecule has 1 N–H and O–H groups in total. The number of amides is 2. The van der Waals surface area contributed by atoms with Gasteiger partial charge < -0.3 is 10.2 Å². The van der Waals surface area contributed by atoms with E-state index in [4.69, 9.17) is 0 Å². The number of nitrogens with one attached hydrogen (secondary N) is 1.